The first-order valence-electron chi connectivity index (χ1n) is 6.31. The fourth-order valence-electron chi connectivity index (χ4n) is 1.68. The number of halogens is 1. The van der Waals surface area contributed by atoms with Crippen LogP contribution in [0.5, 0.6) is 0 Å². The average molecular weight is 328 g/mol. The largest absolute Gasteiger partial charge is 0.481 e. The summed E-state index contributed by atoms with van der Waals surface area (Å²) in [6.45, 7) is 0.600. The van der Waals surface area contributed by atoms with Crippen LogP contribution in [0.1, 0.15) is 31.2 Å². The zero-order chi connectivity index (χ0) is 14.1. The number of rotatable bonds is 8. The molecule has 1 rings (SSSR count). The second-order valence-corrected chi connectivity index (χ2v) is 5.18. The van der Waals surface area contributed by atoms with E-state index < -0.39 is 5.97 Å². The molecular weight excluding hydrogens is 310 g/mol. The van der Waals surface area contributed by atoms with Crippen molar-refractivity contribution in [3.05, 3.63) is 34.3 Å². The van der Waals surface area contributed by atoms with Gasteiger partial charge in [-0.2, -0.15) is 0 Å². The highest BCUT2D eigenvalue weighted by atomic mass is 79.9. The number of carboxylic acids is 1. The fraction of sp³-hybridized carbons (Fsp3) is 0.429. The number of carbonyl (C=O) groups excluding carboxylic acids is 1. The Labute approximate surface area is 121 Å². The standard InChI is InChI=1S/C14H18BrNO3/c15-12-7-4-3-6-11(12)10-13(17)16-9-5-1-2-8-14(18)19/h3-4,6-7H,1-2,5,8-10H2,(H,16,17)(H,18,19). The van der Waals surface area contributed by atoms with Crippen LogP contribution in [0.25, 0.3) is 0 Å². The van der Waals surface area contributed by atoms with Gasteiger partial charge in [0, 0.05) is 17.4 Å². The number of nitrogens with one attached hydrogen (secondary N) is 1. The Kier molecular flexibility index (Phi) is 7.18. The highest BCUT2D eigenvalue weighted by molar-refractivity contribution is 9.10. The average Bonchev–Trinajstić information content (AvgIpc) is 2.36. The summed E-state index contributed by atoms with van der Waals surface area (Å²) in [4.78, 5) is 22.0. The van der Waals surface area contributed by atoms with Crippen molar-refractivity contribution in [3.63, 3.8) is 0 Å². The van der Waals surface area contributed by atoms with Gasteiger partial charge in [-0.1, -0.05) is 40.5 Å². The zero-order valence-electron chi connectivity index (χ0n) is 10.7. The topological polar surface area (TPSA) is 66.4 Å². The molecule has 0 unspecified atom stereocenters. The van der Waals surface area contributed by atoms with Crippen LogP contribution in [0.3, 0.4) is 0 Å². The van der Waals surface area contributed by atoms with E-state index in [2.05, 4.69) is 21.2 Å². The molecule has 0 saturated heterocycles. The van der Waals surface area contributed by atoms with Gasteiger partial charge in [0.1, 0.15) is 0 Å². The van der Waals surface area contributed by atoms with E-state index in [1.807, 2.05) is 24.3 Å². The Morgan fingerprint density at radius 3 is 2.58 bits per heavy atom. The van der Waals surface area contributed by atoms with Gasteiger partial charge in [-0.25, -0.2) is 0 Å². The molecule has 0 atom stereocenters. The van der Waals surface area contributed by atoms with Gasteiger partial charge < -0.3 is 10.4 Å². The molecule has 1 amide bonds. The second-order valence-electron chi connectivity index (χ2n) is 4.32. The molecule has 0 heterocycles. The molecular formula is C14H18BrNO3. The number of amides is 1. The van der Waals surface area contributed by atoms with Gasteiger partial charge in [0.25, 0.3) is 0 Å². The maximum absolute atomic E-state index is 11.7. The minimum atomic E-state index is -0.766. The van der Waals surface area contributed by atoms with Crippen molar-refractivity contribution in [1.82, 2.24) is 5.32 Å². The van der Waals surface area contributed by atoms with Crippen LogP contribution >= 0.6 is 15.9 Å². The normalized spacial score (nSPS) is 10.2. The van der Waals surface area contributed by atoms with E-state index in [1.165, 1.54) is 0 Å². The summed E-state index contributed by atoms with van der Waals surface area (Å²) in [5, 5.41) is 11.3. The molecule has 0 aliphatic rings. The molecule has 0 bridgehead atoms. The smallest absolute Gasteiger partial charge is 0.303 e. The third-order valence-electron chi connectivity index (χ3n) is 2.70. The van der Waals surface area contributed by atoms with Crippen molar-refractivity contribution in [2.24, 2.45) is 0 Å². The minimum Gasteiger partial charge on any atom is -0.481 e. The fourth-order valence-corrected chi connectivity index (χ4v) is 2.11. The first-order chi connectivity index (χ1) is 9.09. The molecule has 4 nitrogen and oxygen atoms in total. The highest BCUT2D eigenvalue weighted by Crippen LogP contribution is 2.16. The van der Waals surface area contributed by atoms with E-state index in [0.29, 0.717) is 19.4 Å². The van der Waals surface area contributed by atoms with Crippen LogP contribution in [-0.4, -0.2) is 23.5 Å². The lowest BCUT2D eigenvalue weighted by Crippen LogP contribution is -2.26. The summed E-state index contributed by atoms with van der Waals surface area (Å²) in [6, 6.07) is 7.64. The number of carbonyl (C=O) groups is 2. The summed E-state index contributed by atoms with van der Waals surface area (Å²) in [7, 11) is 0. The van der Waals surface area contributed by atoms with Gasteiger partial charge >= 0.3 is 5.97 Å². The van der Waals surface area contributed by atoms with Gasteiger partial charge in [-0.05, 0) is 24.5 Å². The SMILES string of the molecule is O=C(O)CCCCCNC(=O)Cc1ccccc1Br. The van der Waals surface area contributed by atoms with E-state index in [-0.39, 0.29) is 12.3 Å². The molecule has 0 aliphatic carbocycles. The maximum atomic E-state index is 11.7. The zero-order valence-corrected chi connectivity index (χ0v) is 12.3. The van der Waals surface area contributed by atoms with Crippen LogP contribution < -0.4 is 5.32 Å². The van der Waals surface area contributed by atoms with Crippen LogP contribution in [0.15, 0.2) is 28.7 Å². The molecule has 0 aromatic heterocycles. The van der Waals surface area contributed by atoms with Crippen LogP contribution in [-0.2, 0) is 16.0 Å². The second kappa shape index (κ2) is 8.69. The third-order valence-corrected chi connectivity index (χ3v) is 3.47. The van der Waals surface area contributed by atoms with Gasteiger partial charge in [0.2, 0.25) is 5.91 Å². The van der Waals surface area contributed by atoms with E-state index >= 15 is 0 Å². The summed E-state index contributed by atoms with van der Waals surface area (Å²) in [6.07, 6.45) is 2.85. The molecule has 5 heteroatoms. The summed E-state index contributed by atoms with van der Waals surface area (Å²) in [5.41, 5.74) is 0.964. The number of hydrogen-bond donors (Lipinski definition) is 2. The third kappa shape index (κ3) is 6.96. The van der Waals surface area contributed by atoms with Crippen molar-refractivity contribution in [2.75, 3.05) is 6.54 Å². The van der Waals surface area contributed by atoms with E-state index in [1.54, 1.807) is 0 Å². The Morgan fingerprint density at radius 2 is 1.89 bits per heavy atom. The number of aliphatic carboxylic acids is 1. The van der Waals surface area contributed by atoms with Gasteiger partial charge in [0.05, 0.1) is 6.42 Å². The summed E-state index contributed by atoms with van der Waals surface area (Å²) >= 11 is 3.41. The Hall–Kier alpha value is -1.36. The van der Waals surface area contributed by atoms with E-state index in [0.717, 1.165) is 22.9 Å². The molecule has 1 aromatic rings. The lowest BCUT2D eigenvalue weighted by atomic mass is 10.1. The molecule has 2 N–H and O–H groups in total. The molecule has 19 heavy (non-hydrogen) atoms. The van der Waals surface area contributed by atoms with Crippen molar-refractivity contribution in [2.45, 2.75) is 32.1 Å². The monoisotopic (exact) mass is 327 g/mol. The first-order valence-corrected chi connectivity index (χ1v) is 7.11. The number of unbranched alkanes of at least 4 members (excludes halogenated alkanes) is 2. The van der Waals surface area contributed by atoms with Gasteiger partial charge in [-0.3, -0.25) is 9.59 Å². The van der Waals surface area contributed by atoms with Gasteiger partial charge in [0.15, 0.2) is 0 Å². The number of benzene rings is 1. The van der Waals surface area contributed by atoms with Crippen molar-refractivity contribution < 1.29 is 14.7 Å². The number of hydrogen-bond acceptors (Lipinski definition) is 2. The molecule has 1 aromatic carbocycles. The van der Waals surface area contributed by atoms with E-state index in [9.17, 15) is 9.59 Å². The van der Waals surface area contributed by atoms with E-state index in [4.69, 9.17) is 5.11 Å². The van der Waals surface area contributed by atoms with Crippen LogP contribution in [0, 0.1) is 0 Å². The Bertz CT molecular complexity index is 434. The molecule has 0 spiro atoms. The quantitative estimate of drug-likeness (QED) is 0.721. The minimum absolute atomic E-state index is 0.00913. The van der Waals surface area contributed by atoms with Crippen molar-refractivity contribution in [1.29, 1.82) is 0 Å². The summed E-state index contributed by atoms with van der Waals surface area (Å²) in [5.74, 6) is -0.775. The molecule has 0 fully saturated rings. The van der Waals surface area contributed by atoms with Crippen molar-refractivity contribution in [3.8, 4) is 0 Å². The lowest BCUT2D eigenvalue weighted by Gasteiger charge is -2.06. The summed E-state index contributed by atoms with van der Waals surface area (Å²) < 4.78 is 0.937. The predicted molar refractivity (Wildman–Crippen MR) is 77.0 cm³/mol. The maximum Gasteiger partial charge on any atom is 0.303 e. The van der Waals surface area contributed by atoms with Gasteiger partial charge in [-0.15, -0.1) is 0 Å². The molecule has 0 saturated carbocycles. The molecule has 104 valence electrons. The van der Waals surface area contributed by atoms with Crippen LogP contribution in [0.4, 0.5) is 0 Å². The molecule has 0 radical (unpaired) electrons. The lowest BCUT2D eigenvalue weighted by molar-refractivity contribution is -0.137. The van der Waals surface area contributed by atoms with Crippen molar-refractivity contribution >= 4 is 27.8 Å². The first kappa shape index (κ1) is 15.7. The Balaban J connectivity index is 2.15. The van der Waals surface area contributed by atoms with Crippen LogP contribution in [0.2, 0.25) is 0 Å². The molecule has 0 aliphatic heterocycles. The highest BCUT2D eigenvalue weighted by Gasteiger charge is 2.05. The predicted octanol–water partition coefficient (Wildman–Crippen LogP) is 2.75. The Morgan fingerprint density at radius 1 is 1.16 bits per heavy atom. The number of carboxylic acid groups (broad SMARTS) is 1.